The molecule has 2 aromatic rings. The smallest absolute Gasteiger partial charge is 0.407 e. The van der Waals surface area contributed by atoms with Gasteiger partial charge >= 0.3 is 12.1 Å². The summed E-state index contributed by atoms with van der Waals surface area (Å²) in [4.78, 5) is 36.4. The number of carboxylic acids is 1. The normalized spacial score (nSPS) is 19.6. The Morgan fingerprint density at radius 1 is 1.00 bits per heavy atom. The minimum atomic E-state index is -0.931. The van der Waals surface area contributed by atoms with E-state index in [1.807, 2.05) is 38.1 Å². The number of carbonyl (C=O) groups excluding carboxylic acids is 2. The SMILES string of the molecule is CC(C)C(CC(=O)O)NC(=O)C[C@@H]1CCC[C@H]1NC(=O)OCC1c2ccccc2-c2ccccc21. The van der Waals surface area contributed by atoms with Gasteiger partial charge in [-0.2, -0.15) is 0 Å². The minimum Gasteiger partial charge on any atom is -0.481 e. The van der Waals surface area contributed by atoms with E-state index in [0.29, 0.717) is 0 Å². The number of ether oxygens (including phenoxy) is 1. The lowest BCUT2D eigenvalue weighted by Gasteiger charge is -2.24. The molecule has 2 aliphatic rings. The highest BCUT2D eigenvalue weighted by molar-refractivity contribution is 5.79. The molecular formula is C28H34N2O5. The van der Waals surface area contributed by atoms with Gasteiger partial charge in [-0.3, -0.25) is 9.59 Å². The van der Waals surface area contributed by atoms with Crippen molar-refractivity contribution in [3.8, 4) is 11.1 Å². The first-order valence-corrected chi connectivity index (χ1v) is 12.5. The van der Waals surface area contributed by atoms with E-state index in [1.54, 1.807) is 0 Å². The van der Waals surface area contributed by atoms with Crippen molar-refractivity contribution in [3.05, 3.63) is 59.7 Å². The maximum Gasteiger partial charge on any atom is 0.407 e. The Kier molecular flexibility index (Phi) is 7.73. The number of carbonyl (C=O) groups is 3. The summed E-state index contributed by atoms with van der Waals surface area (Å²) in [7, 11) is 0. The molecule has 0 radical (unpaired) electrons. The molecule has 2 amide bonds. The standard InChI is InChI=1S/C28H34N2O5/c1-17(2)25(15-27(32)33)29-26(31)14-18-8-7-13-24(18)30-28(34)35-16-23-21-11-5-3-9-19(21)20-10-4-6-12-22(20)23/h3-6,9-12,17-18,23-25H,7-8,13-16H2,1-2H3,(H,29,31)(H,30,34)(H,32,33)/t18-,24+,25?/m0/s1. The lowest BCUT2D eigenvalue weighted by Crippen LogP contribution is -2.43. The molecule has 4 rings (SSSR count). The minimum absolute atomic E-state index is 0.000468. The molecule has 1 unspecified atom stereocenters. The van der Waals surface area contributed by atoms with Crippen molar-refractivity contribution in [1.82, 2.24) is 10.6 Å². The zero-order chi connectivity index (χ0) is 24.9. The molecular weight excluding hydrogens is 444 g/mol. The van der Waals surface area contributed by atoms with Crippen molar-refractivity contribution < 1.29 is 24.2 Å². The van der Waals surface area contributed by atoms with Gasteiger partial charge in [0.25, 0.3) is 0 Å². The third-order valence-corrected chi connectivity index (χ3v) is 7.30. The molecule has 1 saturated carbocycles. The first-order chi connectivity index (χ1) is 16.8. The van der Waals surface area contributed by atoms with E-state index in [1.165, 1.54) is 11.1 Å². The van der Waals surface area contributed by atoms with Crippen molar-refractivity contribution >= 4 is 18.0 Å². The van der Waals surface area contributed by atoms with E-state index in [-0.39, 0.29) is 49.2 Å². The highest BCUT2D eigenvalue weighted by atomic mass is 16.5. The number of aliphatic carboxylic acids is 1. The molecule has 3 N–H and O–H groups in total. The number of fused-ring (bicyclic) bond motifs is 3. The number of carboxylic acid groups (broad SMARTS) is 1. The molecule has 2 aliphatic carbocycles. The maximum absolute atomic E-state index is 12.7. The fourth-order valence-electron chi connectivity index (χ4n) is 5.41. The van der Waals surface area contributed by atoms with Crippen LogP contribution >= 0.6 is 0 Å². The van der Waals surface area contributed by atoms with Crippen molar-refractivity contribution in [2.75, 3.05) is 6.61 Å². The lowest BCUT2D eigenvalue weighted by molar-refractivity contribution is -0.138. The number of amides is 2. The first-order valence-electron chi connectivity index (χ1n) is 12.5. The Hall–Kier alpha value is -3.35. The number of hydrogen-bond donors (Lipinski definition) is 3. The number of hydrogen-bond acceptors (Lipinski definition) is 4. The van der Waals surface area contributed by atoms with Crippen LogP contribution in [0.1, 0.15) is 63.0 Å². The molecule has 186 valence electrons. The zero-order valence-corrected chi connectivity index (χ0v) is 20.3. The monoisotopic (exact) mass is 478 g/mol. The van der Waals surface area contributed by atoms with Crippen LogP contribution in [0.4, 0.5) is 4.79 Å². The lowest BCUT2D eigenvalue weighted by atomic mass is 9.97. The Morgan fingerprint density at radius 3 is 2.23 bits per heavy atom. The Morgan fingerprint density at radius 2 is 1.63 bits per heavy atom. The molecule has 7 nitrogen and oxygen atoms in total. The molecule has 35 heavy (non-hydrogen) atoms. The third kappa shape index (κ3) is 5.84. The van der Waals surface area contributed by atoms with Gasteiger partial charge in [0.05, 0.1) is 6.42 Å². The summed E-state index contributed by atoms with van der Waals surface area (Å²) in [5.41, 5.74) is 4.69. The predicted octanol–water partition coefficient (Wildman–Crippen LogP) is 4.70. The largest absolute Gasteiger partial charge is 0.481 e. The summed E-state index contributed by atoms with van der Waals surface area (Å²) in [5, 5.41) is 14.9. The van der Waals surface area contributed by atoms with Gasteiger partial charge in [0.2, 0.25) is 5.91 Å². The molecule has 0 spiro atoms. The Balaban J connectivity index is 1.31. The van der Waals surface area contributed by atoms with Crippen LogP contribution < -0.4 is 10.6 Å². The summed E-state index contributed by atoms with van der Waals surface area (Å²) in [6, 6.07) is 15.9. The molecule has 0 heterocycles. The van der Waals surface area contributed by atoms with Crippen LogP contribution in [0.3, 0.4) is 0 Å². The summed E-state index contributed by atoms with van der Waals surface area (Å²) in [6.45, 7) is 4.04. The van der Waals surface area contributed by atoms with Crippen LogP contribution in [0, 0.1) is 11.8 Å². The second-order valence-electron chi connectivity index (χ2n) is 9.99. The molecule has 0 saturated heterocycles. The van der Waals surface area contributed by atoms with Gasteiger partial charge in [0.15, 0.2) is 0 Å². The van der Waals surface area contributed by atoms with Gasteiger partial charge in [0.1, 0.15) is 6.61 Å². The second kappa shape index (κ2) is 10.9. The van der Waals surface area contributed by atoms with Crippen LogP contribution in [0.25, 0.3) is 11.1 Å². The van der Waals surface area contributed by atoms with E-state index in [0.717, 1.165) is 30.4 Å². The Labute approximate surface area is 206 Å². The fourth-order valence-corrected chi connectivity index (χ4v) is 5.41. The van der Waals surface area contributed by atoms with Crippen molar-refractivity contribution in [2.45, 2.75) is 64.0 Å². The third-order valence-electron chi connectivity index (χ3n) is 7.30. The molecule has 1 fully saturated rings. The molecule has 7 heteroatoms. The number of nitrogens with one attached hydrogen (secondary N) is 2. The van der Waals surface area contributed by atoms with E-state index < -0.39 is 18.1 Å². The summed E-state index contributed by atoms with van der Waals surface area (Å²) < 4.78 is 5.68. The topological polar surface area (TPSA) is 105 Å². The van der Waals surface area contributed by atoms with Gasteiger partial charge in [-0.05, 0) is 46.9 Å². The quantitative estimate of drug-likeness (QED) is 0.485. The van der Waals surface area contributed by atoms with Crippen LogP contribution in [0.2, 0.25) is 0 Å². The average molecular weight is 479 g/mol. The predicted molar refractivity (Wildman–Crippen MR) is 133 cm³/mol. The van der Waals surface area contributed by atoms with Gasteiger partial charge < -0.3 is 20.5 Å². The average Bonchev–Trinajstić information content (AvgIpc) is 3.38. The van der Waals surface area contributed by atoms with Crippen LogP contribution in [0.15, 0.2) is 48.5 Å². The van der Waals surface area contributed by atoms with Gasteiger partial charge in [-0.1, -0.05) is 68.8 Å². The van der Waals surface area contributed by atoms with Crippen LogP contribution in [-0.4, -0.2) is 41.8 Å². The molecule has 2 aromatic carbocycles. The van der Waals surface area contributed by atoms with Crippen molar-refractivity contribution in [3.63, 3.8) is 0 Å². The zero-order valence-electron chi connectivity index (χ0n) is 20.3. The maximum atomic E-state index is 12.7. The molecule has 0 bridgehead atoms. The van der Waals surface area contributed by atoms with Crippen LogP contribution in [-0.2, 0) is 14.3 Å². The van der Waals surface area contributed by atoms with Gasteiger partial charge in [-0.25, -0.2) is 4.79 Å². The van der Waals surface area contributed by atoms with Crippen molar-refractivity contribution in [2.24, 2.45) is 11.8 Å². The summed E-state index contributed by atoms with van der Waals surface area (Å²) in [6.07, 6.45) is 2.26. The molecule has 0 aromatic heterocycles. The van der Waals surface area contributed by atoms with E-state index >= 15 is 0 Å². The van der Waals surface area contributed by atoms with Crippen LogP contribution in [0.5, 0.6) is 0 Å². The first kappa shape index (κ1) is 24.8. The summed E-state index contributed by atoms with van der Waals surface area (Å²) in [5.74, 6) is -1.07. The number of rotatable bonds is 9. The highest BCUT2D eigenvalue weighted by Gasteiger charge is 2.33. The fraction of sp³-hybridized carbons (Fsp3) is 0.464. The van der Waals surface area contributed by atoms with E-state index in [9.17, 15) is 14.4 Å². The van der Waals surface area contributed by atoms with Gasteiger partial charge in [0, 0.05) is 24.4 Å². The Bertz CT molecular complexity index is 1040. The second-order valence-corrected chi connectivity index (χ2v) is 9.99. The van der Waals surface area contributed by atoms with E-state index in [2.05, 4.69) is 34.9 Å². The molecule has 3 atom stereocenters. The highest BCUT2D eigenvalue weighted by Crippen LogP contribution is 2.44. The molecule has 0 aliphatic heterocycles. The van der Waals surface area contributed by atoms with E-state index in [4.69, 9.17) is 9.84 Å². The van der Waals surface area contributed by atoms with Gasteiger partial charge in [-0.15, -0.1) is 0 Å². The summed E-state index contributed by atoms with van der Waals surface area (Å²) >= 11 is 0. The van der Waals surface area contributed by atoms with Crippen molar-refractivity contribution in [1.29, 1.82) is 0 Å². The number of benzene rings is 2. The number of alkyl carbamates (subject to hydrolysis) is 1.